The van der Waals surface area contributed by atoms with Crippen molar-refractivity contribution >= 4 is 22.8 Å². The Balaban J connectivity index is 1.41. The third kappa shape index (κ3) is 5.16. The predicted octanol–water partition coefficient (Wildman–Crippen LogP) is 3.08. The summed E-state index contributed by atoms with van der Waals surface area (Å²) in [6.07, 6.45) is 1.40. The van der Waals surface area contributed by atoms with Crippen molar-refractivity contribution in [2.24, 2.45) is 5.92 Å². The number of alkyl halides is 1. The van der Waals surface area contributed by atoms with Crippen LogP contribution in [0.15, 0.2) is 24.5 Å². The number of fused-ring (bicyclic) bond motifs is 1. The Bertz CT molecular complexity index is 1340. The smallest absolute Gasteiger partial charge is 0.255 e. The van der Waals surface area contributed by atoms with E-state index in [0.717, 1.165) is 16.9 Å². The first-order valence-electron chi connectivity index (χ1n) is 12.7. The van der Waals surface area contributed by atoms with E-state index in [9.17, 15) is 19.1 Å². The minimum Gasteiger partial charge on any atom is -0.493 e. The summed E-state index contributed by atoms with van der Waals surface area (Å²) < 4.78 is 21.0. The number of aryl methyl sites for hydroxylation is 2. The Morgan fingerprint density at radius 3 is 2.76 bits per heavy atom. The molecule has 3 N–H and O–H groups in total. The molecule has 1 aliphatic heterocycles. The molecule has 0 bridgehead atoms. The average Bonchev–Trinajstić information content (AvgIpc) is 3.63. The van der Waals surface area contributed by atoms with Gasteiger partial charge in [-0.25, -0.2) is 14.4 Å². The molecule has 9 nitrogen and oxygen atoms in total. The number of hydrogen-bond acceptors (Lipinski definition) is 6. The highest BCUT2D eigenvalue weighted by molar-refractivity contribution is 6.09. The number of ether oxygens (including phenoxy) is 1. The Labute approximate surface area is 214 Å². The van der Waals surface area contributed by atoms with Gasteiger partial charge in [-0.05, 0) is 58.1 Å². The molecule has 0 radical (unpaired) electrons. The summed E-state index contributed by atoms with van der Waals surface area (Å²) in [5.41, 5.74) is 4.50. The lowest BCUT2D eigenvalue weighted by atomic mass is 10.0. The van der Waals surface area contributed by atoms with Crippen molar-refractivity contribution in [2.45, 2.75) is 58.4 Å². The van der Waals surface area contributed by atoms with E-state index >= 15 is 0 Å². The maximum Gasteiger partial charge on any atom is 0.255 e. The topological polar surface area (TPSA) is 120 Å². The SMILES string of the molecule is Cc1ccc(OCC2CC2)c(-c2ncnc3c(C(=O)N[C@H]4CCN(C(=O)[C@H](C)O)C[C@H]4F)c(C)[nH]c23)c1. The summed E-state index contributed by atoms with van der Waals surface area (Å²) in [7, 11) is 0. The van der Waals surface area contributed by atoms with Gasteiger partial charge >= 0.3 is 0 Å². The van der Waals surface area contributed by atoms with Gasteiger partial charge in [0.2, 0.25) is 0 Å². The van der Waals surface area contributed by atoms with Crippen molar-refractivity contribution in [1.29, 1.82) is 0 Å². The summed E-state index contributed by atoms with van der Waals surface area (Å²) >= 11 is 0. The van der Waals surface area contributed by atoms with Crippen LogP contribution in [0.2, 0.25) is 0 Å². The van der Waals surface area contributed by atoms with Crippen molar-refractivity contribution in [2.75, 3.05) is 19.7 Å². The number of aromatic amines is 1. The van der Waals surface area contributed by atoms with Gasteiger partial charge in [0.15, 0.2) is 0 Å². The number of H-pyrrole nitrogens is 1. The van der Waals surface area contributed by atoms with Crippen molar-refractivity contribution in [3.63, 3.8) is 0 Å². The molecule has 37 heavy (non-hydrogen) atoms. The number of carbonyl (C=O) groups excluding carboxylic acids is 2. The van der Waals surface area contributed by atoms with E-state index in [0.29, 0.717) is 40.5 Å². The molecule has 2 amide bonds. The van der Waals surface area contributed by atoms with E-state index in [4.69, 9.17) is 4.74 Å². The first kappa shape index (κ1) is 25.1. The number of aliphatic hydroxyl groups excluding tert-OH is 1. The van der Waals surface area contributed by atoms with E-state index < -0.39 is 30.1 Å². The zero-order valence-corrected chi connectivity index (χ0v) is 21.3. The molecule has 1 aromatic carbocycles. The van der Waals surface area contributed by atoms with Crippen LogP contribution in [-0.4, -0.2) is 74.8 Å². The van der Waals surface area contributed by atoms with Gasteiger partial charge in [-0.3, -0.25) is 9.59 Å². The zero-order chi connectivity index (χ0) is 26.3. The molecule has 3 aromatic rings. The molecule has 5 rings (SSSR count). The second-order valence-corrected chi connectivity index (χ2v) is 10.2. The highest BCUT2D eigenvalue weighted by Gasteiger charge is 2.34. The molecule has 0 spiro atoms. The molecule has 2 fully saturated rings. The number of benzene rings is 1. The van der Waals surface area contributed by atoms with E-state index in [1.54, 1.807) is 6.92 Å². The highest BCUT2D eigenvalue weighted by atomic mass is 19.1. The minimum absolute atomic E-state index is 0.176. The molecule has 2 aromatic heterocycles. The van der Waals surface area contributed by atoms with E-state index in [-0.39, 0.29) is 19.5 Å². The zero-order valence-electron chi connectivity index (χ0n) is 21.3. The number of halogens is 1. The normalized spacial score (nSPS) is 20.6. The lowest BCUT2D eigenvalue weighted by molar-refractivity contribution is -0.141. The number of aromatic nitrogens is 3. The Morgan fingerprint density at radius 1 is 1.27 bits per heavy atom. The van der Waals surface area contributed by atoms with Crippen LogP contribution in [0.5, 0.6) is 5.75 Å². The molecule has 0 unspecified atom stereocenters. The molecule has 1 saturated carbocycles. The summed E-state index contributed by atoms with van der Waals surface area (Å²) in [4.78, 5) is 38.8. The number of piperidine rings is 1. The number of nitrogens with zero attached hydrogens (tertiary/aromatic N) is 3. The van der Waals surface area contributed by atoms with Crippen LogP contribution in [0.25, 0.3) is 22.3 Å². The van der Waals surface area contributed by atoms with Gasteiger partial charge < -0.3 is 25.0 Å². The van der Waals surface area contributed by atoms with Crippen molar-refractivity contribution in [3.05, 3.63) is 41.3 Å². The first-order valence-corrected chi connectivity index (χ1v) is 12.7. The first-order chi connectivity index (χ1) is 17.7. The van der Waals surface area contributed by atoms with Crippen LogP contribution in [0.4, 0.5) is 4.39 Å². The maximum atomic E-state index is 14.9. The van der Waals surface area contributed by atoms with Crippen molar-refractivity contribution < 1.29 is 23.8 Å². The van der Waals surface area contributed by atoms with Gasteiger partial charge in [-0.15, -0.1) is 0 Å². The molecular weight excluding hydrogens is 477 g/mol. The molecule has 196 valence electrons. The van der Waals surface area contributed by atoms with Gasteiger partial charge in [0.1, 0.15) is 35.6 Å². The fourth-order valence-electron chi connectivity index (χ4n) is 4.82. The van der Waals surface area contributed by atoms with Gasteiger partial charge in [0, 0.05) is 17.8 Å². The number of likely N-dealkylation sites (tertiary alicyclic amines) is 1. The Hall–Kier alpha value is -3.53. The van der Waals surface area contributed by atoms with Gasteiger partial charge in [-0.2, -0.15) is 0 Å². The van der Waals surface area contributed by atoms with Crippen LogP contribution < -0.4 is 10.1 Å². The molecular formula is C27H32FN5O4. The van der Waals surface area contributed by atoms with Crippen molar-refractivity contribution in [1.82, 2.24) is 25.2 Å². The highest BCUT2D eigenvalue weighted by Crippen LogP contribution is 2.37. The monoisotopic (exact) mass is 509 g/mol. The summed E-state index contributed by atoms with van der Waals surface area (Å²) in [6, 6.07) is 5.20. The van der Waals surface area contributed by atoms with Gasteiger partial charge in [0.25, 0.3) is 11.8 Å². The van der Waals surface area contributed by atoms with Gasteiger partial charge in [0.05, 0.1) is 30.3 Å². The standard InChI is InChI=1S/C27H32FN5O4/c1-14-4-7-21(37-12-17-5-6-17)18(10-14)23-25-24(30-13-29-23)22(15(2)31-25)26(35)32-20-8-9-33(11-19(20)28)27(36)16(3)34/h4,7,10,13,16-17,19-20,31,34H,5-6,8-9,11-12H2,1-3H3,(H,32,35)/t16-,19+,20-/m0/s1. The number of carbonyl (C=O) groups is 2. The molecule has 2 aliphatic rings. The summed E-state index contributed by atoms with van der Waals surface area (Å²) in [5.74, 6) is 0.375. The number of rotatable bonds is 7. The maximum absolute atomic E-state index is 14.9. The van der Waals surface area contributed by atoms with Crippen LogP contribution in [0, 0.1) is 19.8 Å². The Morgan fingerprint density at radius 2 is 2.05 bits per heavy atom. The molecule has 3 heterocycles. The van der Waals surface area contributed by atoms with Crippen LogP contribution in [-0.2, 0) is 4.79 Å². The lowest BCUT2D eigenvalue weighted by Crippen LogP contribution is -2.55. The second kappa shape index (κ2) is 10.1. The van der Waals surface area contributed by atoms with Gasteiger partial charge in [-0.1, -0.05) is 11.6 Å². The second-order valence-electron chi connectivity index (χ2n) is 10.2. The quantitative estimate of drug-likeness (QED) is 0.450. The number of nitrogens with one attached hydrogen (secondary N) is 2. The predicted molar refractivity (Wildman–Crippen MR) is 136 cm³/mol. The van der Waals surface area contributed by atoms with E-state index in [1.165, 1.54) is 31.0 Å². The molecule has 3 atom stereocenters. The lowest BCUT2D eigenvalue weighted by Gasteiger charge is -2.35. The van der Waals surface area contributed by atoms with Crippen LogP contribution in [0.1, 0.15) is 47.8 Å². The number of hydrogen-bond donors (Lipinski definition) is 3. The fourth-order valence-corrected chi connectivity index (χ4v) is 4.82. The third-order valence-corrected chi connectivity index (χ3v) is 7.09. The number of amides is 2. The average molecular weight is 510 g/mol. The number of aliphatic hydroxyl groups is 1. The van der Waals surface area contributed by atoms with E-state index in [1.807, 2.05) is 25.1 Å². The summed E-state index contributed by atoms with van der Waals surface area (Å²) in [6.45, 7) is 5.87. The Kier molecular flexibility index (Phi) is 6.85. The van der Waals surface area contributed by atoms with Crippen LogP contribution in [0.3, 0.4) is 0 Å². The van der Waals surface area contributed by atoms with Crippen LogP contribution >= 0.6 is 0 Å². The minimum atomic E-state index is -1.45. The largest absolute Gasteiger partial charge is 0.493 e. The fraction of sp³-hybridized carbons (Fsp3) is 0.481. The summed E-state index contributed by atoms with van der Waals surface area (Å²) in [5, 5.41) is 12.3. The van der Waals surface area contributed by atoms with Crippen molar-refractivity contribution in [3.8, 4) is 17.0 Å². The molecule has 1 aliphatic carbocycles. The third-order valence-electron chi connectivity index (χ3n) is 7.09. The van der Waals surface area contributed by atoms with E-state index in [2.05, 4.69) is 20.3 Å². The molecule has 10 heteroatoms. The molecule has 1 saturated heterocycles.